The minimum absolute atomic E-state index is 0.00856. The lowest BCUT2D eigenvalue weighted by Gasteiger charge is -2.35. The van der Waals surface area contributed by atoms with Gasteiger partial charge in [-0.1, -0.05) is 69.2 Å². The Bertz CT molecular complexity index is 1970. The number of unbranched alkanes of at least 4 members (excludes halogenated alkanes) is 3. The van der Waals surface area contributed by atoms with Gasteiger partial charge in [0.05, 0.1) is 52.7 Å². The van der Waals surface area contributed by atoms with E-state index in [-0.39, 0.29) is 43.0 Å². The van der Waals surface area contributed by atoms with Crippen LogP contribution in [-0.2, 0) is 19.1 Å². The van der Waals surface area contributed by atoms with Crippen LogP contribution in [0, 0.1) is 18.2 Å². The van der Waals surface area contributed by atoms with E-state index >= 15 is 0 Å². The first-order valence-electron chi connectivity index (χ1n) is 19.4. The number of thiazole rings is 2. The molecule has 4 heterocycles. The van der Waals surface area contributed by atoms with Crippen LogP contribution in [0.5, 0.6) is 5.75 Å². The van der Waals surface area contributed by atoms with Crippen molar-refractivity contribution >= 4 is 55.7 Å². The first-order valence-corrected chi connectivity index (χ1v) is 21.1. The maximum Gasteiger partial charge on any atom is 0.246 e. The molecule has 2 aromatic carbocycles. The van der Waals surface area contributed by atoms with Crippen LogP contribution < -0.4 is 20.3 Å². The Balaban J connectivity index is 0.964. The molecule has 1 unspecified atom stereocenters. The van der Waals surface area contributed by atoms with E-state index in [2.05, 4.69) is 20.5 Å². The topological polar surface area (TPSA) is 146 Å². The monoisotopic (exact) mass is 808 g/mol. The fourth-order valence-electron chi connectivity index (χ4n) is 7.12. The second kappa shape index (κ2) is 18.4. The zero-order chi connectivity index (χ0) is 40.0. The van der Waals surface area contributed by atoms with Crippen molar-refractivity contribution in [2.45, 2.75) is 97.4 Å². The normalized spacial score (nSPS) is 18.6. The van der Waals surface area contributed by atoms with Gasteiger partial charge >= 0.3 is 0 Å². The number of hydrogen-bond acceptors (Lipinski definition) is 11. The fourth-order valence-corrected chi connectivity index (χ4v) is 8.95. The molecule has 56 heavy (non-hydrogen) atoms. The fraction of sp³-hybridized carbons (Fsp3) is 0.537. The molecule has 2 aliphatic heterocycles. The third-order valence-electron chi connectivity index (χ3n) is 10.3. The van der Waals surface area contributed by atoms with E-state index in [0.29, 0.717) is 38.2 Å². The molecule has 0 saturated carbocycles. The molecule has 3 amide bonds. The summed E-state index contributed by atoms with van der Waals surface area (Å²) in [5.74, 6) is -1.27. The number of amides is 3. The van der Waals surface area contributed by atoms with Gasteiger partial charge in [-0.3, -0.25) is 14.4 Å². The second-order valence-corrected chi connectivity index (χ2v) is 17.6. The highest BCUT2D eigenvalue weighted by Crippen LogP contribution is 2.36. The van der Waals surface area contributed by atoms with Gasteiger partial charge < -0.3 is 35.0 Å². The van der Waals surface area contributed by atoms with Crippen LogP contribution in [-0.4, -0.2) is 95.3 Å². The van der Waals surface area contributed by atoms with Crippen molar-refractivity contribution in [3.63, 3.8) is 0 Å². The Morgan fingerprint density at radius 2 is 1.79 bits per heavy atom. The summed E-state index contributed by atoms with van der Waals surface area (Å²) in [6.07, 6.45) is 2.30. The van der Waals surface area contributed by atoms with Crippen molar-refractivity contribution in [1.29, 1.82) is 0 Å². The van der Waals surface area contributed by atoms with Crippen LogP contribution in [0.3, 0.4) is 0 Å². The van der Waals surface area contributed by atoms with Crippen LogP contribution in [0.4, 0.5) is 9.52 Å². The van der Waals surface area contributed by atoms with E-state index in [1.165, 1.54) is 22.3 Å². The van der Waals surface area contributed by atoms with Crippen molar-refractivity contribution in [2.75, 3.05) is 44.4 Å². The number of likely N-dealkylation sites (tertiary alicyclic amines) is 1. The lowest BCUT2D eigenvalue weighted by atomic mass is 9.85. The molecule has 0 radical (unpaired) electrons. The summed E-state index contributed by atoms with van der Waals surface area (Å²) in [5, 5.41) is 17.4. The Morgan fingerprint density at radius 1 is 1.05 bits per heavy atom. The Hall–Kier alpha value is -4.18. The zero-order valence-electron chi connectivity index (χ0n) is 32.8. The molecule has 2 saturated heterocycles. The predicted octanol–water partition coefficient (Wildman–Crippen LogP) is 6.40. The lowest BCUT2D eigenvalue weighted by molar-refractivity contribution is -0.144. The summed E-state index contributed by atoms with van der Waals surface area (Å²) in [6.45, 7) is 12.6. The second-order valence-electron chi connectivity index (χ2n) is 15.7. The number of morpholine rings is 1. The predicted molar refractivity (Wildman–Crippen MR) is 218 cm³/mol. The van der Waals surface area contributed by atoms with E-state index in [0.717, 1.165) is 57.5 Å². The number of nitrogens with one attached hydrogen (secondary N) is 2. The van der Waals surface area contributed by atoms with Gasteiger partial charge in [0.2, 0.25) is 17.7 Å². The number of benzene rings is 2. The van der Waals surface area contributed by atoms with E-state index in [1.807, 2.05) is 64.4 Å². The molecular weight excluding hydrogens is 756 g/mol. The number of carbonyl (C=O) groups excluding carboxylic acids is 3. The van der Waals surface area contributed by atoms with Crippen LogP contribution in [0.15, 0.2) is 41.9 Å². The average Bonchev–Trinajstić information content (AvgIpc) is 3.92. The standard InChI is InChI=1S/C41H53FN6O6S2/c1-25(27-11-13-28(14-12-27)36-26(2)43-24-55-36)44-38(51)31-22-29(49)23-48(31)39(52)37(41(3,4)5)45-33(50)10-8-6-7-9-19-54-35-30(42)15-16-32-34(35)46-40(56-32)47-17-20-53-21-18-47/h11-16,24-25,29,31,37,49H,6-10,17-23H2,1-5H3,(H,44,51)(H,45,50)/t25-,29+,31-,37?/m0/s1. The van der Waals surface area contributed by atoms with Crippen molar-refractivity contribution in [3.05, 3.63) is 59.0 Å². The Morgan fingerprint density at radius 3 is 2.48 bits per heavy atom. The van der Waals surface area contributed by atoms with E-state index in [1.54, 1.807) is 17.4 Å². The summed E-state index contributed by atoms with van der Waals surface area (Å²) in [5.41, 5.74) is 4.64. The molecule has 2 aromatic heterocycles. The smallest absolute Gasteiger partial charge is 0.246 e. The number of aliphatic hydroxyl groups excluding tert-OH is 1. The molecule has 302 valence electrons. The van der Waals surface area contributed by atoms with Crippen molar-refractivity contribution in [2.24, 2.45) is 5.41 Å². The molecule has 6 rings (SSSR count). The average molecular weight is 809 g/mol. The number of halogens is 1. The van der Waals surface area contributed by atoms with Gasteiger partial charge in [0, 0.05) is 32.5 Å². The minimum atomic E-state index is -0.892. The quantitative estimate of drug-likeness (QED) is 0.116. The third-order valence-corrected chi connectivity index (χ3v) is 12.4. The molecule has 2 fully saturated rings. The van der Waals surface area contributed by atoms with Crippen LogP contribution in [0.2, 0.25) is 0 Å². The first-order chi connectivity index (χ1) is 26.8. The number of aromatic nitrogens is 2. The molecular formula is C41H53FN6O6S2. The summed E-state index contributed by atoms with van der Waals surface area (Å²) in [6, 6.07) is 9.02. The van der Waals surface area contributed by atoms with Gasteiger partial charge in [-0.05, 0) is 55.4 Å². The summed E-state index contributed by atoms with van der Waals surface area (Å²) in [7, 11) is 0. The van der Waals surface area contributed by atoms with Crippen molar-refractivity contribution in [3.8, 4) is 16.2 Å². The van der Waals surface area contributed by atoms with Gasteiger partial charge in [0.25, 0.3) is 0 Å². The number of carbonyl (C=O) groups is 3. The Labute approximate surface area is 335 Å². The molecule has 0 aliphatic carbocycles. The summed E-state index contributed by atoms with van der Waals surface area (Å²) < 4.78 is 27.0. The van der Waals surface area contributed by atoms with E-state index in [4.69, 9.17) is 14.5 Å². The molecule has 4 atom stereocenters. The molecule has 3 N–H and O–H groups in total. The van der Waals surface area contributed by atoms with E-state index < -0.39 is 35.3 Å². The number of fused-ring (bicyclic) bond motifs is 1. The first kappa shape index (κ1) is 41.5. The van der Waals surface area contributed by atoms with Crippen molar-refractivity contribution in [1.82, 2.24) is 25.5 Å². The van der Waals surface area contributed by atoms with Gasteiger partial charge in [-0.25, -0.2) is 14.4 Å². The Kier molecular flexibility index (Phi) is 13.6. The molecule has 15 heteroatoms. The summed E-state index contributed by atoms with van der Waals surface area (Å²) >= 11 is 3.10. The lowest BCUT2D eigenvalue weighted by Crippen LogP contribution is -2.57. The van der Waals surface area contributed by atoms with Crippen LogP contribution in [0.1, 0.15) is 83.5 Å². The van der Waals surface area contributed by atoms with Crippen molar-refractivity contribution < 1.29 is 33.4 Å². The van der Waals surface area contributed by atoms with Gasteiger partial charge in [-0.2, -0.15) is 0 Å². The number of rotatable bonds is 15. The van der Waals surface area contributed by atoms with Crippen LogP contribution in [0.25, 0.3) is 20.7 Å². The highest BCUT2D eigenvalue weighted by atomic mass is 32.1. The van der Waals surface area contributed by atoms with Gasteiger partial charge in [-0.15, -0.1) is 11.3 Å². The number of β-amino-alcohol motifs (C(OH)–C–C–N with tert-alkyl or cyclic N) is 1. The third kappa shape index (κ3) is 10.0. The van der Waals surface area contributed by atoms with Crippen LogP contribution >= 0.6 is 22.7 Å². The van der Waals surface area contributed by atoms with E-state index in [9.17, 15) is 23.9 Å². The maximum atomic E-state index is 14.8. The number of aryl methyl sites for hydroxylation is 1. The highest BCUT2D eigenvalue weighted by Gasteiger charge is 2.44. The molecule has 12 nitrogen and oxygen atoms in total. The molecule has 0 bridgehead atoms. The SMILES string of the molecule is Cc1ncsc1-c1ccc([C@H](C)NC(=O)[C@@H]2C[C@@H](O)CN2C(=O)C(NC(=O)CCCCCCOc2c(F)ccc3sc(N4CCOCC4)nc23)C(C)(C)C)cc1. The highest BCUT2D eigenvalue weighted by molar-refractivity contribution is 7.22. The largest absolute Gasteiger partial charge is 0.488 e. The minimum Gasteiger partial charge on any atom is -0.488 e. The number of hydrogen-bond donors (Lipinski definition) is 3. The number of aliphatic hydroxyl groups is 1. The molecule has 2 aliphatic rings. The number of nitrogens with zero attached hydrogens (tertiary/aromatic N) is 4. The number of ether oxygens (including phenoxy) is 2. The molecule has 4 aromatic rings. The maximum absolute atomic E-state index is 14.8. The summed E-state index contributed by atoms with van der Waals surface area (Å²) in [4.78, 5) is 54.5. The molecule has 0 spiro atoms. The van der Waals surface area contributed by atoms with Gasteiger partial charge in [0.15, 0.2) is 16.7 Å². The zero-order valence-corrected chi connectivity index (χ0v) is 34.4. The van der Waals surface area contributed by atoms with Gasteiger partial charge in [0.1, 0.15) is 17.6 Å². The number of anilines is 1.